The second-order valence-corrected chi connectivity index (χ2v) is 7.48. The van der Waals surface area contributed by atoms with Gasteiger partial charge in [0.25, 0.3) is 0 Å². The molecule has 1 aromatic carbocycles. The second-order valence-electron chi connectivity index (χ2n) is 7.09. The van der Waals surface area contributed by atoms with Gasteiger partial charge in [-0.05, 0) is 68.7 Å². The highest BCUT2D eigenvalue weighted by Crippen LogP contribution is 2.35. The molecular formula is C21H23N5OS. The van der Waals surface area contributed by atoms with Crippen LogP contribution in [0, 0.1) is 18.6 Å². The molecule has 1 fully saturated rings. The molecule has 7 heteroatoms. The molecule has 28 heavy (non-hydrogen) atoms. The topological polar surface area (TPSA) is 67.6 Å². The molecule has 0 unspecified atom stereocenters. The van der Waals surface area contributed by atoms with Gasteiger partial charge in [0.05, 0.1) is 6.54 Å². The van der Waals surface area contributed by atoms with E-state index in [4.69, 9.17) is 12.2 Å². The first-order valence-electron chi connectivity index (χ1n) is 9.40. The first kappa shape index (κ1) is 18.4. The Bertz CT molecular complexity index is 1090. The van der Waals surface area contributed by atoms with Crippen molar-refractivity contribution in [1.29, 1.82) is 0 Å². The molecule has 1 aliphatic rings. The van der Waals surface area contributed by atoms with Gasteiger partial charge in [-0.15, -0.1) is 0 Å². The van der Waals surface area contributed by atoms with Crippen LogP contribution in [0.15, 0.2) is 42.5 Å². The molecule has 2 aromatic heterocycles. The van der Waals surface area contributed by atoms with E-state index >= 15 is 0 Å². The number of aryl methyl sites for hydroxylation is 1. The Labute approximate surface area is 168 Å². The zero-order valence-electron chi connectivity index (χ0n) is 16.0. The normalized spacial score (nSPS) is 13.9. The Kier molecular flexibility index (Phi) is 5.00. The van der Waals surface area contributed by atoms with Gasteiger partial charge in [0, 0.05) is 29.2 Å². The van der Waals surface area contributed by atoms with Gasteiger partial charge in [-0.25, -0.2) is 0 Å². The smallest absolute Gasteiger partial charge is 0.244 e. The van der Waals surface area contributed by atoms with E-state index in [0.29, 0.717) is 17.4 Å². The number of nitrogens with zero attached hydrogens (tertiary/aromatic N) is 3. The van der Waals surface area contributed by atoms with E-state index in [1.165, 1.54) is 0 Å². The van der Waals surface area contributed by atoms with Crippen molar-refractivity contribution in [1.82, 2.24) is 24.6 Å². The minimum absolute atomic E-state index is 0.152. The van der Waals surface area contributed by atoms with Gasteiger partial charge in [0.2, 0.25) is 5.91 Å². The van der Waals surface area contributed by atoms with Crippen LogP contribution in [0.25, 0.3) is 11.8 Å². The minimum Gasteiger partial charge on any atom is -0.345 e. The van der Waals surface area contributed by atoms with E-state index < -0.39 is 0 Å². The summed E-state index contributed by atoms with van der Waals surface area (Å²) in [7, 11) is 0. The average Bonchev–Trinajstić information content (AvgIpc) is 3.39. The van der Waals surface area contributed by atoms with Crippen LogP contribution in [0.3, 0.4) is 0 Å². The Morgan fingerprint density at radius 2 is 2.07 bits per heavy atom. The van der Waals surface area contributed by atoms with Crippen LogP contribution in [0.4, 0.5) is 0 Å². The number of aromatic amines is 1. The van der Waals surface area contributed by atoms with Crippen molar-refractivity contribution in [3.8, 4) is 5.69 Å². The highest BCUT2D eigenvalue weighted by atomic mass is 32.1. The largest absolute Gasteiger partial charge is 0.345 e. The van der Waals surface area contributed by atoms with Crippen molar-refractivity contribution < 1.29 is 4.79 Å². The summed E-state index contributed by atoms with van der Waals surface area (Å²) < 4.78 is 4.81. The fourth-order valence-electron chi connectivity index (χ4n) is 3.49. The molecule has 6 nitrogen and oxygen atoms in total. The van der Waals surface area contributed by atoms with Gasteiger partial charge in [-0.1, -0.05) is 18.2 Å². The van der Waals surface area contributed by atoms with Gasteiger partial charge < -0.3 is 9.88 Å². The molecule has 2 heterocycles. The SMILES string of the molecule is Cc1cc(/C=C/C(=O)NCc2n[nH]c(=S)n2C2CC2)c(C)n1-c1ccccc1. The first-order valence-corrected chi connectivity index (χ1v) is 9.81. The molecule has 0 atom stereocenters. The fourth-order valence-corrected chi connectivity index (χ4v) is 3.79. The lowest BCUT2D eigenvalue weighted by atomic mass is 10.2. The quantitative estimate of drug-likeness (QED) is 0.491. The number of aromatic nitrogens is 4. The van der Waals surface area contributed by atoms with Crippen molar-refractivity contribution in [2.45, 2.75) is 39.3 Å². The number of hydrogen-bond donors (Lipinski definition) is 2. The molecule has 0 spiro atoms. The summed E-state index contributed by atoms with van der Waals surface area (Å²) in [6.45, 7) is 4.48. The van der Waals surface area contributed by atoms with E-state index in [1.54, 1.807) is 6.08 Å². The summed E-state index contributed by atoms with van der Waals surface area (Å²) in [5, 5.41) is 9.95. The molecule has 0 bridgehead atoms. The summed E-state index contributed by atoms with van der Waals surface area (Å²) in [5.41, 5.74) is 4.37. The van der Waals surface area contributed by atoms with Crippen LogP contribution < -0.4 is 5.32 Å². The van der Waals surface area contributed by atoms with Crippen LogP contribution >= 0.6 is 12.2 Å². The predicted octanol–water partition coefficient (Wildman–Crippen LogP) is 4.01. The maximum absolute atomic E-state index is 12.3. The summed E-state index contributed by atoms with van der Waals surface area (Å²) in [4.78, 5) is 12.3. The number of carbonyl (C=O) groups is 1. The summed E-state index contributed by atoms with van der Waals surface area (Å²) in [6.07, 6.45) is 5.66. The molecular weight excluding hydrogens is 370 g/mol. The number of nitrogens with one attached hydrogen (secondary N) is 2. The van der Waals surface area contributed by atoms with Crippen molar-refractivity contribution in [2.24, 2.45) is 0 Å². The van der Waals surface area contributed by atoms with E-state index in [0.717, 1.165) is 41.3 Å². The summed E-state index contributed by atoms with van der Waals surface area (Å²) in [5.74, 6) is 0.622. The third-order valence-electron chi connectivity index (χ3n) is 5.01. The third kappa shape index (κ3) is 3.71. The van der Waals surface area contributed by atoms with Gasteiger partial charge in [0.1, 0.15) is 0 Å². The Balaban J connectivity index is 1.45. The molecule has 0 radical (unpaired) electrons. The first-order chi connectivity index (χ1) is 13.5. The highest BCUT2D eigenvalue weighted by molar-refractivity contribution is 7.71. The number of amides is 1. The van der Waals surface area contributed by atoms with E-state index in [9.17, 15) is 4.79 Å². The Morgan fingerprint density at radius 3 is 2.79 bits per heavy atom. The molecule has 4 rings (SSSR count). The van der Waals surface area contributed by atoms with Crippen molar-refractivity contribution in [3.63, 3.8) is 0 Å². The molecule has 1 aliphatic carbocycles. The molecule has 144 valence electrons. The van der Waals surface area contributed by atoms with Crippen molar-refractivity contribution in [2.75, 3.05) is 0 Å². The highest BCUT2D eigenvalue weighted by Gasteiger charge is 2.27. The van der Waals surface area contributed by atoms with E-state index in [1.807, 2.05) is 28.8 Å². The van der Waals surface area contributed by atoms with Gasteiger partial charge in [-0.3, -0.25) is 14.5 Å². The molecule has 0 saturated heterocycles. The van der Waals surface area contributed by atoms with E-state index in [2.05, 4.69) is 52.1 Å². The summed E-state index contributed by atoms with van der Waals surface area (Å²) >= 11 is 5.27. The number of H-pyrrole nitrogens is 1. The molecule has 2 N–H and O–H groups in total. The molecule has 3 aromatic rings. The standard InChI is InChI=1S/C21H23N5OS/c1-14-12-16(15(2)25(14)17-6-4-3-5-7-17)8-11-20(27)22-13-19-23-24-21(28)26(19)18-9-10-18/h3-8,11-12,18H,9-10,13H2,1-2H3,(H,22,27)(H,24,28)/b11-8+. The van der Waals surface area contributed by atoms with Crippen LogP contribution in [-0.2, 0) is 11.3 Å². The van der Waals surface area contributed by atoms with Gasteiger partial charge in [-0.2, -0.15) is 5.10 Å². The Morgan fingerprint density at radius 1 is 1.32 bits per heavy atom. The van der Waals surface area contributed by atoms with Crippen molar-refractivity contribution in [3.05, 3.63) is 70.0 Å². The average molecular weight is 394 g/mol. The molecule has 1 amide bonds. The van der Waals surface area contributed by atoms with E-state index in [-0.39, 0.29) is 5.91 Å². The fraction of sp³-hybridized carbons (Fsp3) is 0.286. The number of carbonyl (C=O) groups excluding carboxylic acids is 1. The van der Waals surface area contributed by atoms with Crippen LogP contribution in [-0.4, -0.2) is 25.2 Å². The summed E-state index contributed by atoms with van der Waals surface area (Å²) in [6, 6.07) is 12.7. The van der Waals surface area contributed by atoms with Crippen molar-refractivity contribution >= 4 is 24.2 Å². The number of hydrogen-bond acceptors (Lipinski definition) is 3. The second kappa shape index (κ2) is 7.59. The lowest BCUT2D eigenvalue weighted by Crippen LogP contribution is -2.22. The maximum Gasteiger partial charge on any atom is 0.244 e. The molecule has 1 saturated carbocycles. The zero-order valence-corrected chi connectivity index (χ0v) is 16.8. The Hall–Kier alpha value is -2.93. The predicted molar refractivity (Wildman–Crippen MR) is 112 cm³/mol. The molecule has 0 aliphatic heterocycles. The van der Waals surface area contributed by atoms with Gasteiger partial charge in [0.15, 0.2) is 10.6 Å². The van der Waals surface area contributed by atoms with Crippen LogP contribution in [0.1, 0.15) is 41.7 Å². The number of para-hydroxylation sites is 1. The van der Waals surface area contributed by atoms with Gasteiger partial charge >= 0.3 is 0 Å². The lowest BCUT2D eigenvalue weighted by Gasteiger charge is -2.09. The van der Waals surface area contributed by atoms with Crippen LogP contribution in [0.2, 0.25) is 0 Å². The lowest BCUT2D eigenvalue weighted by molar-refractivity contribution is -0.116. The van der Waals surface area contributed by atoms with Crippen LogP contribution in [0.5, 0.6) is 0 Å². The number of rotatable bonds is 6. The minimum atomic E-state index is -0.152. The maximum atomic E-state index is 12.3. The zero-order chi connectivity index (χ0) is 19.7. The third-order valence-corrected chi connectivity index (χ3v) is 5.30. The monoisotopic (exact) mass is 393 g/mol. The number of benzene rings is 1.